The van der Waals surface area contributed by atoms with Crippen LogP contribution in [0.3, 0.4) is 0 Å². The summed E-state index contributed by atoms with van der Waals surface area (Å²) in [6.07, 6.45) is 9.52. The zero-order valence-electron chi connectivity index (χ0n) is 15.3. The molecule has 3 fully saturated rings. The minimum atomic E-state index is -0.0147. The number of carbonyl (C=O) groups is 1. The number of aryl methyl sites for hydroxylation is 1. The SMILES string of the molecule is CN(CCO)c1c(C(=O)NC2CCC3CC4CC(C3)C2C4)cnn1C. The maximum absolute atomic E-state index is 13.0. The Balaban J connectivity index is 1.51. The van der Waals surface area contributed by atoms with Gasteiger partial charge in [-0.1, -0.05) is 0 Å². The first-order valence-corrected chi connectivity index (χ1v) is 9.71. The molecule has 1 aromatic rings. The minimum absolute atomic E-state index is 0.0147. The lowest BCUT2D eigenvalue weighted by molar-refractivity contribution is 0.0913. The van der Waals surface area contributed by atoms with E-state index in [2.05, 4.69) is 10.4 Å². The average Bonchev–Trinajstić information content (AvgIpc) is 3.07. The summed E-state index contributed by atoms with van der Waals surface area (Å²) < 4.78 is 1.71. The van der Waals surface area contributed by atoms with Crippen molar-refractivity contribution in [3.05, 3.63) is 11.8 Å². The Morgan fingerprint density at radius 3 is 2.92 bits per heavy atom. The lowest BCUT2D eigenvalue weighted by Gasteiger charge is -2.27. The highest BCUT2D eigenvalue weighted by Gasteiger charge is 2.46. The Labute approximate surface area is 149 Å². The Morgan fingerprint density at radius 1 is 1.32 bits per heavy atom. The Kier molecular flexibility index (Phi) is 4.48. The minimum Gasteiger partial charge on any atom is -0.395 e. The second-order valence-electron chi connectivity index (χ2n) is 8.41. The van der Waals surface area contributed by atoms with Gasteiger partial charge in [0.15, 0.2) is 0 Å². The van der Waals surface area contributed by atoms with Gasteiger partial charge in [0, 0.05) is 26.7 Å². The molecule has 3 aliphatic carbocycles. The number of anilines is 1. The summed E-state index contributed by atoms with van der Waals surface area (Å²) in [7, 11) is 3.72. The van der Waals surface area contributed by atoms with Gasteiger partial charge in [-0.05, 0) is 62.2 Å². The molecule has 138 valence electrons. The molecule has 1 heterocycles. The van der Waals surface area contributed by atoms with Gasteiger partial charge in [-0.15, -0.1) is 0 Å². The van der Waals surface area contributed by atoms with Crippen LogP contribution in [0.1, 0.15) is 48.9 Å². The van der Waals surface area contributed by atoms with Gasteiger partial charge < -0.3 is 15.3 Å². The fourth-order valence-corrected chi connectivity index (χ4v) is 5.82. The molecular formula is C19H30N4O2. The quantitative estimate of drug-likeness (QED) is 0.853. The number of likely N-dealkylation sites (N-methyl/N-ethyl adjacent to an activating group) is 1. The second-order valence-corrected chi connectivity index (χ2v) is 8.41. The molecule has 3 bridgehead atoms. The fourth-order valence-electron chi connectivity index (χ4n) is 5.82. The van der Waals surface area contributed by atoms with Crippen molar-refractivity contribution in [1.82, 2.24) is 15.1 Å². The van der Waals surface area contributed by atoms with Crippen LogP contribution >= 0.6 is 0 Å². The first-order valence-electron chi connectivity index (χ1n) is 9.71. The van der Waals surface area contributed by atoms with Crippen LogP contribution in [0.25, 0.3) is 0 Å². The predicted molar refractivity (Wildman–Crippen MR) is 96.5 cm³/mol. The van der Waals surface area contributed by atoms with Crippen LogP contribution in [0.4, 0.5) is 5.82 Å². The molecule has 1 aromatic heterocycles. The third-order valence-electron chi connectivity index (χ3n) is 6.82. The molecule has 4 rings (SSSR count). The molecule has 1 amide bonds. The van der Waals surface area contributed by atoms with Crippen LogP contribution in [0.5, 0.6) is 0 Å². The number of fused-ring (bicyclic) bond motifs is 2. The maximum atomic E-state index is 13.0. The van der Waals surface area contributed by atoms with Gasteiger partial charge in [-0.3, -0.25) is 9.48 Å². The average molecular weight is 346 g/mol. The first-order chi connectivity index (χ1) is 12.1. The van der Waals surface area contributed by atoms with Crippen LogP contribution in [-0.2, 0) is 7.05 Å². The van der Waals surface area contributed by atoms with Gasteiger partial charge in [0.05, 0.1) is 12.8 Å². The number of amides is 1. The molecule has 5 atom stereocenters. The van der Waals surface area contributed by atoms with E-state index >= 15 is 0 Å². The van der Waals surface area contributed by atoms with Crippen molar-refractivity contribution in [2.75, 3.05) is 25.1 Å². The Bertz CT molecular complexity index is 643. The molecule has 0 aromatic carbocycles. The monoisotopic (exact) mass is 346 g/mol. The molecule has 0 saturated heterocycles. The summed E-state index contributed by atoms with van der Waals surface area (Å²) in [5, 5.41) is 16.8. The molecule has 2 N–H and O–H groups in total. The molecule has 6 heteroatoms. The topological polar surface area (TPSA) is 70.4 Å². The van der Waals surface area contributed by atoms with Gasteiger partial charge in [-0.2, -0.15) is 5.10 Å². The number of hydrogen-bond donors (Lipinski definition) is 2. The first kappa shape index (κ1) is 16.9. The Hall–Kier alpha value is -1.56. The molecule has 0 aliphatic heterocycles. The third kappa shape index (κ3) is 3.05. The molecule has 0 spiro atoms. The zero-order valence-corrected chi connectivity index (χ0v) is 15.3. The standard InChI is InChI=1S/C19H30N4O2/c1-22(5-6-24)19-16(11-20-23(19)2)18(25)21-17-4-3-12-7-13-9-14(8-12)15(17)10-13/h11-15,17,24H,3-10H2,1-2H3,(H,21,25). The smallest absolute Gasteiger partial charge is 0.256 e. The van der Waals surface area contributed by atoms with Crippen LogP contribution in [0, 0.1) is 23.7 Å². The van der Waals surface area contributed by atoms with E-state index < -0.39 is 0 Å². The van der Waals surface area contributed by atoms with E-state index in [0.29, 0.717) is 24.1 Å². The lowest BCUT2D eigenvalue weighted by Crippen LogP contribution is -2.41. The van der Waals surface area contributed by atoms with Gasteiger partial charge in [0.25, 0.3) is 5.91 Å². The summed E-state index contributed by atoms with van der Waals surface area (Å²) in [4.78, 5) is 14.9. The summed E-state index contributed by atoms with van der Waals surface area (Å²) in [6, 6.07) is 0.309. The van der Waals surface area contributed by atoms with E-state index in [9.17, 15) is 9.90 Å². The molecule has 3 aliphatic rings. The zero-order chi connectivity index (χ0) is 17.6. The molecule has 3 saturated carbocycles. The van der Waals surface area contributed by atoms with E-state index in [1.165, 1.54) is 32.1 Å². The van der Waals surface area contributed by atoms with Crippen molar-refractivity contribution < 1.29 is 9.90 Å². The summed E-state index contributed by atoms with van der Waals surface area (Å²) in [5.41, 5.74) is 0.613. The number of rotatable bonds is 5. The molecule has 0 radical (unpaired) electrons. The number of aromatic nitrogens is 2. The highest BCUT2D eigenvalue weighted by Crippen LogP contribution is 2.53. The summed E-state index contributed by atoms with van der Waals surface area (Å²) in [5.74, 6) is 4.03. The van der Waals surface area contributed by atoms with Crippen molar-refractivity contribution >= 4 is 11.7 Å². The predicted octanol–water partition coefficient (Wildman–Crippen LogP) is 1.79. The van der Waals surface area contributed by atoms with Gasteiger partial charge in [-0.25, -0.2) is 0 Å². The highest BCUT2D eigenvalue weighted by molar-refractivity contribution is 5.99. The van der Waals surface area contributed by atoms with E-state index in [1.54, 1.807) is 10.9 Å². The number of aliphatic hydroxyl groups excluding tert-OH is 1. The maximum Gasteiger partial charge on any atom is 0.256 e. The Morgan fingerprint density at radius 2 is 2.12 bits per heavy atom. The number of nitrogens with one attached hydrogen (secondary N) is 1. The third-order valence-corrected chi connectivity index (χ3v) is 6.82. The molecule has 25 heavy (non-hydrogen) atoms. The lowest BCUT2D eigenvalue weighted by atomic mass is 9.80. The molecule has 5 unspecified atom stereocenters. The van der Waals surface area contributed by atoms with E-state index in [4.69, 9.17) is 0 Å². The van der Waals surface area contributed by atoms with Crippen LogP contribution in [0.2, 0.25) is 0 Å². The van der Waals surface area contributed by atoms with Gasteiger partial charge in [0.1, 0.15) is 11.4 Å². The van der Waals surface area contributed by atoms with Crippen LogP contribution in [-0.4, -0.2) is 47.0 Å². The van der Waals surface area contributed by atoms with E-state index in [0.717, 1.165) is 30.0 Å². The van der Waals surface area contributed by atoms with Crippen molar-refractivity contribution in [2.45, 2.75) is 44.6 Å². The van der Waals surface area contributed by atoms with E-state index in [1.807, 2.05) is 19.0 Å². The van der Waals surface area contributed by atoms with Crippen LogP contribution in [0.15, 0.2) is 6.20 Å². The molecular weight excluding hydrogens is 316 g/mol. The van der Waals surface area contributed by atoms with Gasteiger partial charge in [0.2, 0.25) is 0 Å². The van der Waals surface area contributed by atoms with Gasteiger partial charge >= 0.3 is 0 Å². The highest BCUT2D eigenvalue weighted by atomic mass is 16.3. The number of carbonyl (C=O) groups excluding carboxylic acids is 1. The van der Waals surface area contributed by atoms with Crippen molar-refractivity contribution in [3.8, 4) is 0 Å². The summed E-state index contributed by atoms with van der Waals surface area (Å²) in [6.45, 7) is 0.537. The number of aliphatic hydroxyl groups is 1. The molecule has 6 nitrogen and oxygen atoms in total. The van der Waals surface area contributed by atoms with Crippen molar-refractivity contribution in [2.24, 2.45) is 30.7 Å². The fraction of sp³-hybridized carbons (Fsp3) is 0.789. The second kappa shape index (κ2) is 6.63. The van der Waals surface area contributed by atoms with E-state index in [-0.39, 0.29) is 12.5 Å². The summed E-state index contributed by atoms with van der Waals surface area (Å²) >= 11 is 0. The van der Waals surface area contributed by atoms with Crippen molar-refractivity contribution in [3.63, 3.8) is 0 Å². The number of hydrogen-bond acceptors (Lipinski definition) is 4. The normalized spacial score (nSPS) is 33.3. The largest absolute Gasteiger partial charge is 0.395 e. The number of nitrogens with zero attached hydrogens (tertiary/aromatic N) is 3. The van der Waals surface area contributed by atoms with Crippen LogP contribution < -0.4 is 10.2 Å². The van der Waals surface area contributed by atoms with Crippen molar-refractivity contribution in [1.29, 1.82) is 0 Å².